The molecule has 11 heteroatoms. The number of nitrogens with zero attached hydrogens (tertiary/aromatic N) is 4. The van der Waals surface area contributed by atoms with Crippen LogP contribution in [0.5, 0.6) is 5.75 Å². The summed E-state index contributed by atoms with van der Waals surface area (Å²) in [6, 6.07) is 12.8. The van der Waals surface area contributed by atoms with E-state index in [0.717, 1.165) is 26.7 Å². The molecule has 1 atom stereocenters. The smallest absolute Gasteiger partial charge is 0.242 e. The lowest BCUT2D eigenvalue weighted by atomic mass is 10.2. The van der Waals surface area contributed by atoms with Gasteiger partial charge in [-0.3, -0.25) is 4.79 Å². The number of nitrogens with one attached hydrogen (secondary N) is 3. The number of carbonyl (C=O) groups excluding carboxylic acids is 1. The van der Waals surface area contributed by atoms with Gasteiger partial charge < -0.3 is 20.7 Å². The van der Waals surface area contributed by atoms with E-state index in [-0.39, 0.29) is 18.3 Å². The second kappa shape index (κ2) is 10.8. The monoisotopic (exact) mass is 533 g/mol. The van der Waals surface area contributed by atoms with Crippen LogP contribution in [0.3, 0.4) is 0 Å². The molecule has 4 aromatic rings. The predicted molar refractivity (Wildman–Crippen MR) is 135 cm³/mol. The summed E-state index contributed by atoms with van der Waals surface area (Å²) in [6.07, 6.45) is 0. The highest BCUT2D eigenvalue weighted by Crippen LogP contribution is 2.29. The van der Waals surface area contributed by atoms with E-state index in [4.69, 9.17) is 14.7 Å². The quantitative estimate of drug-likeness (QED) is 0.298. The van der Waals surface area contributed by atoms with E-state index in [2.05, 4.69) is 37.0 Å². The summed E-state index contributed by atoms with van der Waals surface area (Å²) in [5.74, 6) is 1.62. The second-order valence-electron chi connectivity index (χ2n) is 7.23. The first kappa shape index (κ1) is 24.7. The molecule has 33 heavy (non-hydrogen) atoms. The summed E-state index contributed by atoms with van der Waals surface area (Å²) >= 11 is 3.57. The van der Waals surface area contributed by atoms with Crippen LogP contribution >= 0.6 is 28.3 Å². The lowest BCUT2D eigenvalue weighted by Crippen LogP contribution is -2.40. The first-order valence-corrected chi connectivity index (χ1v) is 11.0. The van der Waals surface area contributed by atoms with Gasteiger partial charge >= 0.3 is 0 Å². The number of anilines is 1. The van der Waals surface area contributed by atoms with E-state index in [1.54, 1.807) is 18.5 Å². The maximum atomic E-state index is 12.5. The third kappa shape index (κ3) is 5.18. The van der Waals surface area contributed by atoms with E-state index in [1.807, 2.05) is 49.5 Å². The third-order valence-corrected chi connectivity index (χ3v) is 5.65. The second-order valence-corrected chi connectivity index (χ2v) is 8.09. The SMILES string of the molecule is CNCCNC(=O)[C@@H](C)Nc1nc2c(Br)cccc2c2nc(-c3ccc(OC)cc3)nn12.Cl. The fourth-order valence-electron chi connectivity index (χ4n) is 3.28. The summed E-state index contributed by atoms with van der Waals surface area (Å²) in [6.45, 7) is 3.02. The number of amides is 1. The predicted octanol–water partition coefficient (Wildman–Crippen LogP) is 3.27. The molecule has 0 spiro atoms. The molecule has 0 radical (unpaired) electrons. The molecule has 2 aromatic carbocycles. The zero-order valence-corrected chi connectivity index (χ0v) is 20.8. The molecule has 0 saturated heterocycles. The maximum Gasteiger partial charge on any atom is 0.242 e. The molecule has 4 rings (SSSR count). The van der Waals surface area contributed by atoms with Gasteiger partial charge in [0.2, 0.25) is 11.9 Å². The Bertz CT molecular complexity index is 1260. The molecule has 0 aliphatic heterocycles. The van der Waals surface area contributed by atoms with Crippen molar-refractivity contribution in [3.8, 4) is 17.1 Å². The first-order chi connectivity index (χ1) is 15.5. The number of hydrogen-bond acceptors (Lipinski definition) is 7. The molecule has 174 valence electrons. The summed E-state index contributed by atoms with van der Waals surface area (Å²) in [5, 5.41) is 14.6. The first-order valence-electron chi connectivity index (χ1n) is 10.2. The van der Waals surface area contributed by atoms with Gasteiger partial charge in [0.25, 0.3) is 0 Å². The molecule has 0 aliphatic carbocycles. The topological polar surface area (TPSA) is 105 Å². The van der Waals surface area contributed by atoms with Crippen LogP contribution < -0.4 is 20.7 Å². The van der Waals surface area contributed by atoms with E-state index < -0.39 is 6.04 Å². The van der Waals surface area contributed by atoms with Crippen molar-refractivity contribution in [2.24, 2.45) is 0 Å². The van der Waals surface area contributed by atoms with E-state index >= 15 is 0 Å². The molecule has 2 heterocycles. The van der Waals surface area contributed by atoms with Gasteiger partial charge in [-0.2, -0.15) is 4.52 Å². The van der Waals surface area contributed by atoms with Gasteiger partial charge in [-0.25, -0.2) is 9.97 Å². The number of rotatable bonds is 8. The molecule has 0 aliphatic rings. The molecule has 3 N–H and O–H groups in total. The van der Waals surface area contributed by atoms with Crippen molar-refractivity contribution in [3.05, 3.63) is 46.9 Å². The average molecular weight is 535 g/mol. The number of carbonyl (C=O) groups is 1. The molecule has 9 nitrogen and oxygen atoms in total. The minimum Gasteiger partial charge on any atom is -0.497 e. The van der Waals surface area contributed by atoms with Gasteiger partial charge in [-0.15, -0.1) is 17.5 Å². The highest BCUT2D eigenvalue weighted by molar-refractivity contribution is 9.10. The number of ether oxygens (including phenoxy) is 1. The Balaban J connectivity index is 0.00000306. The molecule has 0 saturated carbocycles. The molecular formula is C22H25BrClN7O2. The van der Waals surface area contributed by atoms with Gasteiger partial charge in [0.05, 0.1) is 12.6 Å². The minimum atomic E-state index is -0.517. The number of likely N-dealkylation sites (N-methyl/N-ethyl adjacent to an activating group) is 1. The fourth-order valence-corrected chi connectivity index (χ4v) is 3.73. The molecule has 0 unspecified atom stereocenters. The number of para-hydroxylation sites is 1. The van der Waals surface area contributed by atoms with Crippen molar-refractivity contribution in [1.82, 2.24) is 30.2 Å². The van der Waals surface area contributed by atoms with Crippen LogP contribution in [0.25, 0.3) is 27.9 Å². The Kier molecular flexibility index (Phi) is 8.06. The Morgan fingerprint density at radius 1 is 1.15 bits per heavy atom. The normalized spacial score (nSPS) is 11.8. The molecule has 0 bridgehead atoms. The number of halogens is 2. The summed E-state index contributed by atoms with van der Waals surface area (Å²) in [4.78, 5) is 22.0. The van der Waals surface area contributed by atoms with E-state index in [9.17, 15) is 4.79 Å². The number of benzene rings is 2. The Morgan fingerprint density at radius 3 is 2.61 bits per heavy atom. The van der Waals surface area contributed by atoms with Crippen LogP contribution in [-0.2, 0) is 4.79 Å². The zero-order valence-electron chi connectivity index (χ0n) is 18.4. The van der Waals surface area contributed by atoms with Gasteiger partial charge in [0, 0.05) is 28.5 Å². The largest absolute Gasteiger partial charge is 0.497 e. The maximum absolute atomic E-state index is 12.5. The molecular weight excluding hydrogens is 510 g/mol. The standard InChI is InChI=1S/C22H24BrN7O2.ClH/c1-13(21(31)25-12-11-24-2)26-22-27-18-16(5-4-6-17(18)23)20-28-19(29-30(20)22)14-7-9-15(32-3)10-8-14;/h4-10,13,24H,11-12H2,1-3H3,(H,25,31)(H,26,27);1H/t13-;/m1./s1. The Hall–Kier alpha value is -2.95. The lowest BCUT2D eigenvalue weighted by molar-refractivity contribution is -0.121. The van der Waals surface area contributed by atoms with Crippen LogP contribution in [0, 0.1) is 0 Å². The number of aromatic nitrogens is 4. The van der Waals surface area contributed by atoms with Crippen molar-refractivity contribution >= 4 is 56.7 Å². The van der Waals surface area contributed by atoms with Crippen molar-refractivity contribution in [3.63, 3.8) is 0 Å². The molecule has 1 amide bonds. The molecule has 2 aromatic heterocycles. The molecule has 0 fully saturated rings. The van der Waals surface area contributed by atoms with Crippen molar-refractivity contribution in [2.45, 2.75) is 13.0 Å². The zero-order chi connectivity index (χ0) is 22.7. The third-order valence-electron chi connectivity index (χ3n) is 5.01. The fraction of sp³-hybridized carbons (Fsp3) is 0.273. The summed E-state index contributed by atoms with van der Waals surface area (Å²) in [7, 11) is 3.47. The number of fused-ring (bicyclic) bond motifs is 3. The van der Waals surface area contributed by atoms with Gasteiger partial charge in [0.1, 0.15) is 11.8 Å². The number of methoxy groups -OCH3 is 1. The summed E-state index contributed by atoms with van der Waals surface area (Å²) < 4.78 is 7.72. The van der Waals surface area contributed by atoms with Crippen LogP contribution in [0.4, 0.5) is 5.95 Å². The van der Waals surface area contributed by atoms with Gasteiger partial charge in [0.15, 0.2) is 11.5 Å². The van der Waals surface area contributed by atoms with Crippen LogP contribution in [0.15, 0.2) is 46.9 Å². The Morgan fingerprint density at radius 2 is 1.91 bits per heavy atom. The van der Waals surface area contributed by atoms with E-state index in [0.29, 0.717) is 30.5 Å². The summed E-state index contributed by atoms with van der Waals surface area (Å²) in [5.41, 5.74) is 2.23. The van der Waals surface area contributed by atoms with Crippen molar-refractivity contribution in [1.29, 1.82) is 0 Å². The number of hydrogen-bond donors (Lipinski definition) is 3. The van der Waals surface area contributed by atoms with Crippen LogP contribution in [-0.4, -0.2) is 58.8 Å². The average Bonchev–Trinajstić information content (AvgIpc) is 3.26. The van der Waals surface area contributed by atoms with Gasteiger partial charge in [-0.05, 0) is 66.3 Å². The highest BCUT2D eigenvalue weighted by Gasteiger charge is 2.19. The lowest BCUT2D eigenvalue weighted by Gasteiger charge is -2.16. The highest BCUT2D eigenvalue weighted by atomic mass is 79.9. The van der Waals surface area contributed by atoms with E-state index in [1.165, 1.54) is 0 Å². The Labute approximate surface area is 205 Å². The van der Waals surface area contributed by atoms with Crippen LogP contribution in [0.2, 0.25) is 0 Å². The van der Waals surface area contributed by atoms with Crippen LogP contribution in [0.1, 0.15) is 6.92 Å². The minimum absolute atomic E-state index is 0. The van der Waals surface area contributed by atoms with Crippen molar-refractivity contribution in [2.75, 3.05) is 32.6 Å². The van der Waals surface area contributed by atoms with Gasteiger partial charge in [-0.1, -0.05) is 6.07 Å². The van der Waals surface area contributed by atoms with Crippen molar-refractivity contribution < 1.29 is 9.53 Å².